The van der Waals surface area contributed by atoms with E-state index in [0.29, 0.717) is 23.7 Å². The second-order valence-electron chi connectivity index (χ2n) is 4.51. The van der Waals surface area contributed by atoms with Gasteiger partial charge in [0.25, 0.3) is 0 Å². The van der Waals surface area contributed by atoms with E-state index in [4.69, 9.17) is 11.6 Å². The number of hydrogen-bond donors (Lipinski definition) is 1. The largest absolute Gasteiger partial charge is 0.311 e. The van der Waals surface area contributed by atoms with Crippen molar-refractivity contribution in [3.8, 4) is 0 Å². The Hall–Kier alpha value is -0.650. The fourth-order valence-electron chi connectivity index (χ4n) is 2.07. The number of hydrogen-bond acceptors (Lipinski definition) is 4. The maximum atomic E-state index is 12.0. The van der Waals surface area contributed by atoms with Crippen LogP contribution in [0.1, 0.15) is 13.3 Å². The fraction of sp³-hybridized carbons (Fsp3) is 0.385. The van der Waals surface area contributed by atoms with E-state index in [1.165, 1.54) is 11.8 Å². The summed E-state index contributed by atoms with van der Waals surface area (Å²) < 4.78 is 0. The van der Waals surface area contributed by atoms with Gasteiger partial charge in [0.15, 0.2) is 5.12 Å². The van der Waals surface area contributed by atoms with Gasteiger partial charge in [-0.25, -0.2) is 0 Å². The molecule has 3 nitrogen and oxygen atoms in total. The predicted molar refractivity (Wildman–Crippen MR) is 82.3 cm³/mol. The van der Waals surface area contributed by atoms with E-state index in [-0.39, 0.29) is 16.9 Å². The molecule has 1 aliphatic rings. The normalized spacial score (nSPS) is 19.0. The summed E-state index contributed by atoms with van der Waals surface area (Å²) in [5.41, 5.74) is 0.746. The number of benzene rings is 1. The van der Waals surface area contributed by atoms with Crippen molar-refractivity contribution >= 4 is 52.7 Å². The van der Waals surface area contributed by atoms with E-state index in [1.807, 2.05) is 0 Å². The lowest BCUT2D eigenvalue weighted by atomic mass is 10.1. The Morgan fingerprint density at radius 2 is 2.32 bits per heavy atom. The Morgan fingerprint density at radius 1 is 1.58 bits per heavy atom. The molecule has 1 saturated heterocycles. The Balaban J connectivity index is 2.11. The average Bonchev–Trinajstić information content (AvgIpc) is 2.71. The summed E-state index contributed by atoms with van der Waals surface area (Å²) in [6, 6.07) is 5.28. The third-order valence-electron chi connectivity index (χ3n) is 2.96. The van der Waals surface area contributed by atoms with Crippen LogP contribution in [0.4, 0.5) is 5.69 Å². The highest BCUT2D eigenvalue weighted by atomic mass is 35.5. The molecule has 2 rings (SSSR count). The van der Waals surface area contributed by atoms with Gasteiger partial charge in [0, 0.05) is 35.6 Å². The minimum absolute atomic E-state index is 0.0618. The number of amides is 1. The van der Waals surface area contributed by atoms with E-state index in [2.05, 4.69) is 12.6 Å². The molecular weight excluding hydrogens is 302 g/mol. The van der Waals surface area contributed by atoms with Crippen LogP contribution in [0.2, 0.25) is 5.02 Å². The highest BCUT2D eigenvalue weighted by Crippen LogP contribution is 2.33. The smallest absolute Gasteiger partial charge is 0.227 e. The first-order chi connectivity index (χ1) is 8.97. The number of rotatable bonds is 3. The summed E-state index contributed by atoms with van der Waals surface area (Å²) in [6.45, 7) is 2.16. The SMILES string of the molecule is CC(=O)SCC1CC(=O)N(c2cc(Cl)ccc2S)C1. The molecule has 0 spiro atoms. The molecule has 1 aliphatic heterocycles. The summed E-state index contributed by atoms with van der Waals surface area (Å²) in [5.74, 6) is 0.944. The van der Waals surface area contributed by atoms with Crippen LogP contribution in [-0.4, -0.2) is 23.3 Å². The van der Waals surface area contributed by atoms with Gasteiger partial charge in [0.1, 0.15) is 0 Å². The van der Waals surface area contributed by atoms with Crippen molar-refractivity contribution in [2.45, 2.75) is 18.2 Å². The summed E-state index contributed by atoms with van der Waals surface area (Å²) in [4.78, 5) is 25.5. The first kappa shape index (κ1) is 14.8. The molecule has 0 aliphatic carbocycles. The van der Waals surface area contributed by atoms with Crippen LogP contribution < -0.4 is 4.90 Å². The van der Waals surface area contributed by atoms with Crippen LogP contribution in [0.3, 0.4) is 0 Å². The summed E-state index contributed by atoms with van der Waals surface area (Å²) in [5, 5.41) is 0.672. The average molecular weight is 316 g/mol. The molecule has 102 valence electrons. The number of halogens is 1. The number of anilines is 1. The van der Waals surface area contributed by atoms with Gasteiger partial charge in [-0.1, -0.05) is 23.4 Å². The topological polar surface area (TPSA) is 37.4 Å². The van der Waals surface area contributed by atoms with Crippen LogP contribution in [0.25, 0.3) is 0 Å². The predicted octanol–water partition coefficient (Wildman–Crippen LogP) is 3.26. The Morgan fingerprint density at radius 3 is 3.00 bits per heavy atom. The van der Waals surface area contributed by atoms with Crippen molar-refractivity contribution in [3.05, 3.63) is 23.2 Å². The van der Waals surface area contributed by atoms with Gasteiger partial charge in [-0.05, 0) is 24.1 Å². The zero-order chi connectivity index (χ0) is 14.0. The van der Waals surface area contributed by atoms with Gasteiger partial charge in [-0.2, -0.15) is 0 Å². The molecule has 19 heavy (non-hydrogen) atoms. The van der Waals surface area contributed by atoms with Gasteiger partial charge in [-0.3, -0.25) is 9.59 Å². The van der Waals surface area contributed by atoms with Crippen molar-refractivity contribution in [3.63, 3.8) is 0 Å². The number of carbonyl (C=O) groups is 2. The minimum atomic E-state index is 0.0618. The van der Waals surface area contributed by atoms with Crippen LogP contribution in [0, 0.1) is 5.92 Å². The van der Waals surface area contributed by atoms with E-state index >= 15 is 0 Å². The Labute approximate surface area is 127 Å². The van der Waals surface area contributed by atoms with Crippen LogP contribution in [0.5, 0.6) is 0 Å². The third-order valence-corrected chi connectivity index (χ3v) is 4.61. The van der Waals surface area contributed by atoms with Gasteiger partial charge in [0.2, 0.25) is 5.91 Å². The Bertz CT molecular complexity index is 521. The molecule has 1 amide bonds. The monoisotopic (exact) mass is 315 g/mol. The van der Waals surface area contributed by atoms with Gasteiger partial charge < -0.3 is 4.90 Å². The van der Waals surface area contributed by atoms with Crippen molar-refractivity contribution in [1.29, 1.82) is 0 Å². The van der Waals surface area contributed by atoms with Crippen molar-refractivity contribution in [2.24, 2.45) is 5.92 Å². The fourth-order valence-corrected chi connectivity index (χ4v) is 3.19. The lowest BCUT2D eigenvalue weighted by Gasteiger charge is -2.18. The zero-order valence-corrected chi connectivity index (χ0v) is 12.9. The molecular formula is C13H14ClNO2S2. The molecule has 6 heteroatoms. The van der Waals surface area contributed by atoms with E-state index < -0.39 is 0 Å². The molecule has 0 bridgehead atoms. The molecule has 0 N–H and O–H groups in total. The van der Waals surface area contributed by atoms with E-state index in [1.54, 1.807) is 30.0 Å². The number of thioether (sulfide) groups is 1. The quantitative estimate of drug-likeness (QED) is 0.870. The second-order valence-corrected chi connectivity index (χ2v) is 6.63. The summed E-state index contributed by atoms with van der Waals surface area (Å²) in [7, 11) is 0. The zero-order valence-electron chi connectivity index (χ0n) is 10.4. The molecule has 1 heterocycles. The van der Waals surface area contributed by atoms with Gasteiger partial charge in [0.05, 0.1) is 5.69 Å². The highest BCUT2D eigenvalue weighted by molar-refractivity contribution is 8.13. The van der Waals surface area contributed by atoms with Crippen molar-refractivity contribution < 1.29 is 9.59 Å². The molecule has 0 radical (unpaired) electrons. The van der Waals surface area contributed by atoms with Gasteiger partial charge in [-0.15, -0.1) is 12.6 Å². The molecule has 1 unspecified atom stereocenters. The molecule has 1 atom stereocenters. The standard InChI is InChI=1S/C13H14ClNO2S2/c1-8(16)19-7-9-4-13(17)15(6-9)11-5-10(14)2-3-12(11)18/h2-3,5,9,18H,4,6-7H2,1H3. The molecule has 1 aromatic rings. The maximum absolute atomic E-state index is 12.0. The number of thiol groups is 1. The van der Waals surface area contributed by atoms with Crippen LogP contribution in [-0.2, 0) is 9.59 Å². The first-order valence-corrected chi connectivity index (χ1v) is 7.70. The summed E-state index contributed by atoms with van der Waals surface area (Å²) >= 11 is 11.6. The van der Waals surface area contributed by atoms with E-state index in [0.717, 1.165) is 10.6 Å². The van der Waals surface area contributed by atoms with Crippen LogP contribution >= 0.6 is 36.0 Å². The maximum Gasteiger partial charge on any atom is 0.227 e. The Kier molecular flexibility index (Phi) is 4.81. The molecule has 0 aromatic heterocycles. The third kappa shape index (κ3) is 3.68. The van der Waals surface area contributed by atoms with Crippen molar-refractivity contribution in [2.75, 3.05) is 17.2 Å². The molecule has 0 saturated carbocycles. The lowest BCUT2D eigenvalue weighted by molar-refractivity contribution is -0.117. The van der Waals surface area contributed by atoms with Crippen LogP contribution in [0.15, 0.2) is 23.1 Å². The second kappa shape index (κ2) is 6.20. The molecule has 1 fully saturated rings. The number of nitrogens with zero attached hydrogens (tertiary/aromatic N) is 1. The van der Waals surface area contributed by atoms with E-state index in [9.17, 15) is 9.59 Å². The van der Waals surface area contributed by atoms with Gasteiger partial charge >= 0.3 is 0 Å². The first-order valence-electron chi connectivity index (χ1n) is 5.89. The summed E-state index contributed by atoms with van der Waals surface area (Å²) in [6.07, 6.45) is 0.472. The van der Waals surface area contributed by atoms with Crippen molar-refractivity contribution in [1.82, 2.24) is 0 Å². The molecule has 1 aromatic carbocycles. The minimum Gasteiger partial charge on any atom is -0.311 e. The lowest BCUT2D eigenvalue weighted by Crippen LogP contribution is -2.25. The highest BCUT2D eigenvalue weighted by Gasteiger charge is 2.31. The number of carbonyl (C=O) groups excluding carboxylic acids is 2.